The molecule has 3 nitrogen and oxygen atoms in total. The highest BCUT2D eigenvalue weighted by atomic mass is 32.1. The van der Waals surface area contributed by atoms with Crippen LogP contribution in [0.15, 0.2) is 29.6 Å². The van der Waals surface area contributed by atoms with Gasteiger partial charge < -0.3 is 10.6 Å². The smallest absolute Gasteiger partial charge is 0.228 e. The van der Waals surface area contributed by atoms with E-state index in [9.17, 15) is 4.79 Å². The van der Waals surface area contributed by atoms with E-state index in [1.54, 1.807) is 11.3 Å². The molecule has 0 radical (unpaired) electrons. The number of anilines is 1. The molecule has 2 aromatic rings. The summed E-state index contributed by atoms with van der Waals surface area (Å²) in [7, 11) is 1.97. The molecule has 2 heterocycles. The minimum atomic E-state index is 0.0838. The minimum Gasteiger partial charge on any atom is -0.326 e. The Morgan fingerprint density at radius 1 is 1.37 bits per heavy atom. The van der Waals surface area contributed by atoms with Crippen molar-refractivity contribution in [1.82, 2.24) is 5.32 Å². The molecule has 1 aromatic carbocycles. The molecule has 4 heteroatoms. The number of hydrogen-bond donors (Lipinski definition) is 2. The summed E-state index contributed by atoms with van der Waals surface area (Å²) in [4.78, 5) is 12.7. The van der Waals surface area contributed by atoms with Gasteiger partial charge in [-0.3, -0.25) is 4.79 Å². The predicted molar refractivity (Wildman–Crippen MR) is 78.7 cm³/mol. The van der Waals surface area contributed by atoms with Crippen molar-refractivity contribution in [2.45, 2.75) is 19.4 Å². The average molecular weight is 272 g/mol. The second-order valence-corrected chi connectivity index (χ2v) is 5.78. The number of carbonyl (C=O) groups is 1. The molecule has 1 atom stereocenters. The van der Waals surface area contributed by atoms with Gasteiger partial charge in [0.25, 0.3) is 0 Å². The van der Waals surface area contributed by atoms with Gasteiger partial charge in [0.05, 0.1) is 12.5 Å². The molecular weight excluding hydrogens is 256 g/mol. The fraction of sp³-hybridized carbons (Fsp3) is 0.267. The number of thiophene rings is 1. The number of nitrogens with one attached hydrogen (secondary N) is 2. The van der Waals surface area contributed by atoms with Gasteiger partial charge in [0.15, 0.2) is 0 Å². The number of carbonyl (C=O) groups excluding carboxylic acids is 1. The van der Waals surface area contributed by atoms with Crippen LogP contribution in [0.2, 0.25) is 0 Å². The Labute approximate surface area is 116 Å². The van der Waals surface area contributed by atoms with Crippen LogP contribution in [0.3, 0.4) is 0 Å². The van der Waals surface area contributed by atoms with Crippen LogP contribution in [0.25, 0.3) is 0 Å². The molecule has 1 unspecified atom stereocenters. The van der Waals surface area contributed by atoms with E-state index in [-0.39, 0.29) is 11.9 Å². The minimum absolute atomic E-state index is 0.0838. The number of amides is 1. The third kappa shape index (κ3) is 2.17. The molecule has 0 bridgehead atoms. The largest absolute Gasteiger partial charge is 0.326 e. The first-order chi connectivity index (χ1) is 9.19. The highest BCUT2D eigenvalue weighted by molar-refractivity contribution is 7.10. The molecule has 0 fully saturated rings. The summed E-state index contributed by atoms with van der Waals surface area (Å²) in [6.45, 7) is 2.13. The molecule has 0 saturated heterocycles. The van der Waals surface area contributed by atoms with Crippen molar-refractivity contribution >= 4 is 22.9 Å². The predicted octanol–water partition coefficient (Wildman–Crippen LogP) is 2.86. The molecule has 3 rings (SSSR count). The Kier molecular flexibility index (Phi) is 3.12. The molecule has 98 valence electrons. The first kappa shape index (κ1) is 12.4. The van der Waals surface area contributed by atoms with Gasteiger partial charge in [-0.05, 0) is 48.2 Å². The number of fused-ring (bicyclic) bond motifs is 1. The van der Waals surface area contributed by atoms with E-state index >= 15 is 0 Å². The fourth-order valence-electron chi connectivity index (χ4n) is 2.56. The van der Waals surface area contributed by atoms with Crippen LogP contribution in [0.4, 0.5) is 5.69 Å². The van der Waals surface area contributed by atoms with Gasteiger partial charge in [-0.1, -0.05) is 12.1 Å². The quantitative estimate of drug-likeness (QED) is 0.902. The van der Waals surface area contributed by atoms with E-state index in [1.165, 1.54) is 16.0 Å². The highest BCUT2D eigenvalue weighted by Gasteiger charge is 2.21. The first-order valence-electron chi connectivity index (χ1n) is 6.33. The van der Waals surface area contributed by atoms with E-state index < -0.39 is 0 Å². The number of hydrogen-bond acceptors (Lipinski definition) is 3. The summed E-state index contributed by atoms with van der Waals surface area (Å²) >= 11 is 1.77. The normalized spacial score (nSPS) is 15.2. The van der Waals surface area contributed by atoms with Crippen molar-refractivity contribution in [2.24, 2.45) is 0 Å². The third-order valence-corrected chi connectivity index (χ3v) is 4.62. The molecule has 2 N–H and O–H groups in total. The number of aryl methyl sites for hydroxylation is 1. The summed E-state index contributed by atoms with van der Waals surface area (Å²) in [6.07, 6.45) is 0.489. The van der Waals surface area contributed by atoms with Crippen molar-refractivity contribution in [3.63, 3.8) is 0 Å². The standard InChI is InChI=1S/C15H16N2OS/c1-9-5-6-19-15(9)14(16-2)10-3-4-12-11(7-10)8-13(18)17-12/h3-7,14,16H,8H2,1-2H3,(H,17,18). The Morgan fingerprint density at radius 3 is 2.89 bits per heavy atom. The summed E-state index contributed by atoms with van der Waals surface area (Å²) < 4.78 is 0. The molecule has 1 aromatic heterocycles. The maximum Gasteiger partial charge on any atom is 0.228 e. The van der Waals surface area contributed by atoms with Gasteiger partial charge in [0.2, 0.25) is 5.91 Å². The topological polar surface area (TPSA) is 41.1 Å². The van der Waals surface area contributed by atoms with Crippen molar-refractivity contribution in [1.29, 1.82) is 0 Å². The Balaban J connectivity index is 2.00. The van der Waals surface area contributed by atoms with E-state index in [1.807, 2.05) is 13.1 Å². The van der Waals surface area contributed by atoms with Gasteiger partial charge in [-0.2, -0.15) is 0 Å². The van der Waals surface area contributed by atoms with E-state index in [0.717, 1.165) is 11.3 Å². The Hall–Kier alpha value is -1.65. The molecule has 0 spiro atoms. The lowest BCUT2D eigenvalue weighted by Crippen LogP contribution is -2.17. The molecule has 1 aliphatic rings. The summed E-state index contributed by atoms with van der Waals surface area (Å²) in [5.74, 6) is 0.0838. The zero-order valence-corrected chi connectivity index (χ0v) is 11.8. The van der Waals surface area contributed by atoms with Crippen molar-refractivity contribution in [2.75, 3.05) is 12.4 Å². The number of benzene rings is 1. The van der Waals surface area contributed by atoms with Crippen LogP contribution >= 0.6 is 11.3 Å². The SMILES string of the molecule is CNC(c1ccc2c(c1)CC(=O)N2)c1sccc1C. The molecule has 0 aliphatic carbocycles. The van der Waals surface area contributed by atoms with Gasteiger partial charge in [0, 0.05) is 10.6 Å². The van der Waals surface area contributed by atoms with Gasteiger partial charge >= 0.3 is 0 Å². The molecular formula is C15H16N2OS. The van der Waals surface area contributed by atoms with Crippen LogP contribution in [0, 0.1) is 6.92 Å². The van der Waals surface area contributed by atoms with E-state index in [4.69, 9.17) is 0 Å². The molecule has 0 saturated carbocycles. The van der Waals surface area contributed by atoms with Gasteiger partial charge in [-0.25, -0.2) is 0 Å². The van der Waals surface area contributed by atoms with Crippen LogP contribution in [-0.2, 0) is 11.2 Å². The van der Waals surface area contributed by atoms with E-state index in [0.29, 0.717) is 6.42 Å². The Bertz CT molecular complexity index is 633. The lowest BCUT2D eigenvalue weighted by Gasteiger charge is -2.17. The fourth-order valence-corrected chi connectivity index (χ4v) is 3.62. The Morgan fingerprint density at radius 2 is 2.21 bits per heavy atom. The maximum atomic E-state index is 11.4. The van der Waals surface area contributed by atoms with Gasteiger partial charge in [-0.15, -0.1) is 11.3 Å². The highest BCUT2D eigenvalue weighted by Crippen LogP contribution is 2.32. The maximum absolute atomic E-state index is 11.4. The zero-order chi connectivity index (χ0) is 13.4. The molecule has 1 amide bonds. The summed E-state index contributed by atoms with van der Waals surface area (Å²) in [5.41, 5.74) is 4.56. The second-order valence-electron chi connectivity index (χ2n) is 4.83. The lowest BCUT2D eigenvalue weighted by atomic mass is 10.00. The third-order valence-electron chi connectivity index (χ3n) is 3.54. The van der Waals surface area contributed by atoms with Crippen LogP contribution in [0.1, 0.15) is 27.6 Å². The van der Waals surface area contributed by atoms with Crippen LogP contribution in [-0.4, -0.2) is 13.0 Å². The van der Waals surface area contributed by atoms with Crippen molar-refractivity contribution < 1.29 is 4.79 Å². The first-order valence-corrected chi connectivity index (χ1v) is 7.21. The molecule has 1 aliphatic heterocycles. The van der Waals surface area contributed by atoms with Crippen molar-refractivity contribution in [3.05, 3.63) is 51.2 Å². The monoisotopic (exact) mass is 272 g/mol. The van der Waals surface area contributed by atoms with E-state index in [2.05, 4.69) is 41.1 Å². The molecule has 19 heavy (non-hydrogen) atoms. The van der Waals surface area contributed by atoms with Crippen LogP contribution in [0.5, 0.6) is 0 Å². The second kappa shape index (κ2) is 4.79. The summed E-state index contributed by atoms with van der Waals surface area (Å²) in [5, 5.41) is 8.36. The zero-order valence-electron chi connectivity index (χ0n) is 11.0. The van der Waals surface area contributed by atoms with Gasteiger partial charge in [0.1, 0.15) is 0 Å². The lowest BCUT2D eigenvalue weighted by molar-refractivity contribution is -0.115. The summed E-state index contributed by atoms with van der Waals surface area (Å²) in [6, 6.07) is 8.56. The average Bonchev–Trinajstić information content (AvgIpc) is 2.95. The number of rotatable bonds is 3. The van der Waals surface area contributed by atoms with Crippen LogP contribution < -0.4 is 10.6 Å². The van der Waals surface area contributed by atoms with Crippen molar-refractivity contribution in [3.8, 4) is 0 Å².